The molecular weight excluding hydrogens is 402 g/mol. The number of nitrogens with two attached hydrogens (primary N) is 1. The third kappa shape index (κ3) is 4.76. The van der Waals surface area contributed by atoms with Crippen molar-refractivity contribution in [3.63, 3.8) is 0 Å². The molecule has 2 aromatic rings. The van der Waals surface area contributed by atoms with Gasteiger partial charge in [0.15, 0.2) is 0 Å². The lowest BCUT2D eigenvalue weighted by Gasteiger charge is -2.29. The summed E-state index contributed by atoms with van der Waals surface area (Å²) in [4.78, 5) is 38.1. The smallest absolute Gasteiger partial charge is 0.248 e. The maximum Gasteiger partial charge on any atom is 0.248 e. The first kappa shape index (κ1) is 22.2. The fourth-order valence-corrected chi connectivity index (χ4v) is 5.00. The zero-order chi connectivity index (χ0) is 22.7. The van der Waals surface area contributed by atoms with Crippen LogP contribution in [0.4, 0.5) is 5.95 Å². The van der Waals surface area contributed by atoms with Gasteiger partial charge in [0.25, 0.3) is 0 Å². The van der Waals surface area contributed by atoms with Gasteiger partial charge < -0.3 is 15.5 Å². The van der Waals surface area contributed by atoms with Crippen LogP contribution in [0.3, 0.4) is 0 Å². The number of rotatable bonds is 6. The van der Waals surface area contributed by atoms with Crippen molar-refractivity contribution in [2.45, 2.75) is 57.4 Å². The fraction of sp³-hybridized carbons (Fsp3) is 0.520. The largest absolute Gasteiger partial charge is 0.366 e. The average Bonchev–Trinajstić information content (AvgIpc) is 3.29. The van der Waals surface area contributed by atoms with Crippen molar-refractivity contribution in [1.82, 2.24) is 14.9 Å². The molecule has 4 rings (SSSR count). The number of hydrogen-bond donors (Lipinski definition) is 1. The summed E-state index contributed by atoms with van der Waals surface area (Å²) >= 11 is 0. The second-order valence-electron chi connectivity index (χ2n) is 9.26. The summed E-state index contributed by atoms with van der Waals surface area (Å²) in [5.74, 6) is 0.941. The van der Waals surface area contributed by atoms with Crippen molar-refractivity contribution in [1.29, 1.82) is 0 Å². The standard InChI is InChI=1S/C25H33N5O2/c1-29(2)25-27-16-20(18-10-12-19(13-11-18)24(26)32)23(28-25)21-9-6-14-30(21)22(31)15-17-7-4-3-5-8-17/h10-13,16-17,21H,3-9,14-15H2,1-2H3,(H2,26,32)/t21-/m1/s1. The Balaban J connectivity index is 1.65. The van der Waals surface area contributed by atoms with E-state index in [1.165, 1.54) is 32.1 Å². The summed E-state index contributed by atoms with van der Waals surface area (Å²) in [6.45, 7) is 0.775. The number of nitrogens with zero attached hydrogens (tertiary/aromatic N) is 4. The number of hydrogen-bond acceptors (Lipinski definition) is 5. The topological polar surface area (TPSA) is 92.4 Å². The van der Waals surface area contributed by atoms with Gasteiger partial charge in [-0.1, -0.05) is 31.4 Å². The highest BCUT2D eigenvalue weighted by atomic mass is 16.2. The minimum atomic E-state index is -0.453. The van der Waals surface area contributed by atoms with Gasteiger partial charge in [-0.25, -0.2) is 9.97 Å². The Labute approximate surface area is 190 Å². The summed E-state index contributed by atoms with van der Waals surface area (Å²) in [6, 6.07) is 7.14. The molecule has 2 heterocycles. The second kappa shape index (κ2) is 9.67. The Morgan fingerprint density at radius 3 is 2.44 bits per heavy atom. The molecule has 32 heavy (non-hydrogen) atoms. The van der Waals surface area contributed by atoms with Crippen LogP contribution in [-0.2, 0) is 4.79 Å². The molecule has 2 amide bonds. The van der Waals surface area contributed by atoms with Gasteiger partial charge in [-0.15, -0.1) is 0 Å². The number of carbonyl (C=O) groups is 2. The van der Waals surface area contributed by atoms with E-state index < -0.39 is 5.91 Å². The molecule has 0 bridgehead atoms. The number of benzene rings is 1. The van der Waals surface area contributed by atoms with Crippen LogP contribution in [0.5, 0.6) is 0 Å². The van der Waals surface area contributed by atoms with Crippen LogP contribution in [0.15, 0.2) is 30.5 Å². The van der Waals surface area contributed by atoms with Crippen molar-refractivity contribution in [2.75, 3.05) is 25.5 Å². The molecule has 0 unspecified atom stereocenters. The van der Waals surface area contributed by atoms with Gasteiger partial charge in [0.2, 0.25) is 17.8 Å². The number of amides is 2. The maximum absolute atomic E-state index is 13.3. The summed E-state index contributed by atoms with van der Waals surface area (Å²) in [5, 5.41) is 0. The van der Waals surface area contributed by atoms with Crippen LogP contribution >= 0.6 is 0 Å². The van der Waals surface area contributed by atoms with Crippen LogP contribution in [0, 0.1) is 5.92 Å². The number of primary amides is 1. The van der Waals surface area contributed by atoms with Crippen molar-refractivity contribution in [2.24, 2.45) is 11.7 Å². The maximum atomic E-state index is 13.3. The summed E-state index contributed by atoms with van der Waals surface area (Å²) in [5.41, 5.74) is 8.56. The molecule has 7 nitrogen and oxygen atoms in total. The highest BCUT2D eigenvalue weighted by Crippen LogP contribution is 2.38. The predicted molar refractivity (Wildman–Crippen MR) is 125 cm³/mol. The molecule has 1 saturated heterocycles. The van der Waals surface area contributed by atoms with Gasteiger partial charge in [0.05, 0.1) is 11.7 Å². The number of carbonyl (C=O) groups excluding carboxylic acids is 2. The molecule has 2 aliphatic rings. The highest BCUT2D eigenvalue weighted by Gasteiger charge is 2.34. The zero-order valence-electron chi connectivity index (χ0n) is 19.1. The first-order valence-electron chi connectivity index (χ1n) is 11.7. The van der Waals surface area contributed by atoms with Crippen LogP contribution in [0.1, 0.15) is 73.5 Å². The summed E-state index contributed by atoms with van der Waals surface area (Å²) < 4.78 is 0. The SMILES string of the molecule is CN(C)c1ncc(-c2ccc(C(N)=O)cc2)c([C@H]2CCCN2C(=O)CC2CCCCC2)n1. The molecular formula is C25H33N5O2. The average molecular weight is 436 g/mol. The van der Waals surface area contributed by atoms with Crippen molar-refractivity contribution in [3.8, 4) is 11.1 Å². The highest BCUT2D eigenvalue weighted by molar-refractivity contribution is 5.93. The quantitative estimate of drug-likeness (QED) is 0.742. The molecule has 1 atom stereocenters. The zero-order valence-corrected chi connectivity index (χ0v) is 19.1. The van der Waals surface area contributed by atoms with E-state index in [0.717, 1.165) is 36.2 Å². The molecule has 2 N–H and O–H groups in total. The first-order chi connectivity index (χ1) is 15.4. The van der Waals surface area contributed by atoms with E-state index in [2.05, 4.69) is 4.98 Å². The molecule has 170 valence electrons. The monoisotopic (exact) mass is 435 g/mol. The third-order valence-electron chi connectivity index (χ3n) is 6.76. The fourth-order valence-electron chi connectivity index (χ4n) is 5.00. The second-order valence-corrected chi connectivity index (χ2v) is 9.26. The van der Waals surface area contributed by atoms with Crippen molar-refractivity contribution >= 4 is 17.8 Å². The van der Waals surface area contributed by atoms with E-state index in [0.29, 0.717) is 23.9 Å². The van der Waals surface area contributed by atoms with Gasteiger partial charge in [0.1, 0.15) is 0 Å². The minimum absolute atomic E-state index is 0.0568. The molecule has 1 aromatic heterocycles. The Kier molecular flexibility index (Phi) is 6.72. The van der Waals surface area contributed by atoms with Gasteiger partial charge in [-0.05, 0) is 49.3 Å². The summed E-state index contributed by atoms with van der Waals surface area (Å²) in [7, 11) is 3.84. The van der Waals surface area contributed by atoms with Crippen LogP contribution in [0.25, 0.3) is 11.1 Å². The molecule has 1 aromatic carbocycles. The number of anilines is 1. The van der Waals surface area contributed by atoms with Crippen LogP contribution in [0.2, 0.25) is 0 Å². The van der Waals surface area contributed by atoms with Crippen molar-refractivity contribution < 1.29 is 9.59 Å². The van der Waals surface area contributed by atoms with Crippen LogP contribution < -0.4 is 10.6 Å². The lowest BCUT2D eigenvalue weighted by Crippen LogP contribution is -2.33. The Morgan fingerprint density at radius 1 is 1.06 bits per heavy atom. The van der Waals surface area contributed by atoms with E-state index >= 15 is 0 Å². The van der Waals surface area contributed by atoms with E-state index in [1.807, 2.05) is 42.2 Å². The number of likely N-dealkylation sites (tertiary alicyclic amines) is 1. The van der Waals surface area contributed by atoms with Gasteiger partial charge in [-0.2, -0.15) is 0 Å². The predicted octanol–water partition coefficient (Wildman–Crippen LogP) is 3.94. The molecule has 0 spiro atoms. The third-order valence-corrected chi connectivity index (χ3v) is 6.76. The van der Waals surface area contributed by atoms with Crippen LogP contribution in [-0.4, -0.2) is 47.3 Å². The number of aromatic nitrogens is 2. The Hall–Kier alpha value is -2.96. The Morgan fingerprint density at radius 2 is 1.78 bits per heavy atom. The van der Waals surface area contributed by atoms with E-state index in [4.69, 9.17) is 10.7 Å². The van der Waals surface area contributed by atoms with Crippen molar-refractivity contribution in [3.05, 3.63) is 41.7 Å². The lowest BCUT2D eigenvalue weighted by atomic mass is 9.86. The molecule has 1 aliphatic carbocycles. The Bertz CT molecular complexity index is 967. The molecule has 0 radical (unpaired) electrons. The van der Waals surface area contributed by atoms with Gasteiger partial charge in [-0.3, -0.25) is 9.59 Å². The molecule has 7 heteroatoms. The normalized spacial score (nSPS) is 19.2. The molecule has 1 aliphatic heterocycles. The molecule has 1 saturated carbocycles. The minimum Gasteiger partial charge on any atom is -0.366 e. The van der Waals surface area contributed by atoms with E-state index in [1.54, 1.807) is 12.1 Å². The van der Waals surface area contributed by atoms with Gasteiger partial charge >= 0.3 is 0 Å². The van der Waals surface area contributed by atoms with E-state index in [9.17, 15) is 9.59 Å². The lowest BCUT2D eigenvalue weighted by molar-refractivity contribution is -0.133. The molecule has 2 fully saturated rings. The first-order valence-corrected chi connectivity index (χ1v) is 11.7. The van der Waals surface area contributed by atoms with Gasteiger partial charge in [0, 0.05) is 44.4 Å². The van der Waals surface area contributed by atoms with E-state index in [-0.39, 0.29) is 11.9 Å². The summed E-state index contributed by atoms with van der Waals surface area (Å²) in [6.07, 6.45) is 10.5.